The summed E-state index contributed by atoms with van der Waals surface area (Å²) in [4.78, 5) is 2.35. The summed E-state index contributed by atoms with van der Waals surface area (Å²) in [6, 6.07) is 0. The maximum atomic E-state index is 10.0. The lowest BCUT2D eigenvalue weighted by Crippen LogP contribution is -2.40. The van der Waals surface area contributed by atoms with Gasteiger partial charge in [0.2, 0.25) is 0 Å². The van der Waals surface area contributed by atoms with Crippen molar-refractivity contribution in [3.63, 3.8) is 0 Å². The van der Waals surface area contributed by atoms with Gasteiger partial charge in [-0.15, -0.1) is 0 Å². The van der Waals surface area contributed by atoms with Crippen molar-refractivity contribution >= 4 is 5.69 Å². The SMILES string of the molecule is CCC1CCN(CC(O)Cn2cc(N)cn2)CC1. The molecule has 0 bridgehead atoms. The number of nitrogen functional groups attached to an aromatic ring is 1. The molecule has 1 atom stereocenters. The highest BCUT2D eigenvalue weighted by atomic mass is 16.3. The number of aliphatic hydroxyl groups is 1. The molecule has 5 nitrogen and oxygen atoms in total. The normalized spacial score (nSPS) is 20.1. The molecule has 1 aromatic rings. The first-order chi connectivity index (χ1) is 8.67. The molecule has 0 spiro atoms. The van der Waals surface area contributed by atoms with Crippen molar-refractivity contribution in [3.8, 4) is 0 Å². The molecule has 102 valence electrons. The number of piperidine rings is 1. The van der Waals surface area contributed by atoms with E-state index >= 15 is 0 Å². The maximum Gasteiger partial charge on any atom is 0.0862 e. The third kappa shape index (κ3) is 3.71. The number of rotatable bonds is 5. The van der Waals surface area contributed by atoms with Crippen molar-refractivity contribution < 1.29 is 5.11 Å². The quantitative estimate of drug-likeness (QED) is 0.818. The molecule has 0 saturated carbocycles. The van der Waals surface area contributed by atoms with Crippen molar-refractivity contribution in [1.29, 1.82) is 0 Å². The first-order valence-electron chi connectivity index (χ1n) is 6.85. The molecule has 5 heteroatoms. The number of nitrogens with two attached hydrogens (primary N) is 1. The largest absolute Gasteiger partial charge is 0.396 e. The van der Waals surface area contributed by atoms with E-state index in [1.165, 1.54) is 19.3 Å². The first kappa shape index (κ1) is 13.4. The van der Waals surface area contributed by atoms with Gasteiger partial charge in [-0.3, -0.25) is 4.68 Å². The van der Waals surface area contributed by atoms with Gasteiger partial charge in [-0.1, -0.05) is 13.3 Å². The zero-order chi connectivity index (χ0) is 13.0. The van der Waals surface area contributed by atoms with E-state index in [4.69, 9.17) is 5.73 Å². The van der Waals surface area contributed by atoms with Crippen molar-refractivity contribution in [2.24, 2.45) is 5.92 Å². The molecule has 1 fully saturated rings. The highest BCUT2D eigenvalue weighted by molar-refractivity contribution is 5.30. The highest BCUT2D eigenvalue weighted by Gasteiger charge is 2.19. The van der Waals surface area contributed by atoms with Gasteiger partial charge in [0, 0.05) is 12.7 Å². The van der Waals surface area contributed by atoms with E-state index in [1.54, 1.807) is 17.1 Å². The van der Waals surface area contributed by atoms with E-state index in [2.05, 4.69) is 16.9 Å². The molecule has 1 unspecified atom stereocenters. The molecule has 1 saturated heterocycles. The first-order valence-corrected chi connectivity index (χ1v) is 6.85. The molecular formula is C13H24N4O. The fourth-order valence-corrected chi connectivity index (χ4v) is 2.63. The van der Waals surface area contributed by atoms with Gasteiger partial charge in [0.15, 0.2) is 0 Å². The minimum atomic E-state index is -0.373. The topological polar surface area (TPSA) is 67.3 Å². The molecule has 0 aromatic carbocycles. The highest BCUT2D eigenvalue weighted by Crippen LogP contribution is 2.19. The van der Waals surface area contributed by atoms with Crippen LogP contribution in [0.1, 0.15) is 26.2 Å². The van der Waals surface area contributed by atoms with Gasteiger partial charge in [0.1, 0.15) is 0 Å². The molecule has 0 aliphatic carbocycles. The van der Waals surface area contributed by atoms with Gasteiger partial charge in [-0.25, -0.2) is 0 Å². The molecule has 2 rings (SSSR count). The minimum Gasteiger partial charge on any atom is -0.396 e. The van der Waals surface area contributed by atoms with Crippen molar-refractivity contribution in [2.45, 2.75) is 38.8 Å². The molecular weight excluding hydrogens is 228 g/mol. The number of hydrogen-bond donors (Lipinski definition) is 2. The molecule has 18 heavy (non-hydrogen) atoms. The zero-order valence-corrected chi connectivity index (χ0v) is 11.1. The molecule has 0 radical (unpaired) electrons. The summed E-state index contributed by atoms with van der Waals surface area (Å²) in [5.41, 5.74) is 6.24. The average Bonchev–Trinajstić information content (AvgIpc) is 2.75. The summed E-state index contributed by atoms with van der Waals surface area (Å²) in [6.45, 7) is 5.73. The van der Waals surface area contributed by atoms with Gasteiger partial charge in [-0.05, 0) is 31.8 Å². The van der Waals surface area contributed by atoms with Gasteiger partial charge < -0.3 is 15.7 Å². The Morgan fingerprint density at radius 2 is 2.17 bits per heavy atom. The van der Waals surface area contributed by atoms with Gasteiger partial charge in [-0.2, -0.15) is 5.10 Å². The number of aromatic nitrogens is 2. The van der Waals surface area contributed by atoms with Crippen LogP contribution in [0.15, 0.2) is 12.4 Å². The number of nitrogens with zero attached hydrogens (tertiary/aromatic N) is 3. The van der Waals surface area contributed by atoms with E-state index in [1.807, 2.05) is 0 Å². The van der Waals surface area contributed by atoms with Crippen LogP contribution >= 0.6 is 0 Å². The number of β-amino-alcohol motifs (C(OH)–C–C–N with tert-alkyl or cyclic N) is 1. The summed E-state index contributed by atoms with van der Waals surface area (Å²) < 4.78 is 1.71. The monoisotopic (exact) mass is 252 g/mol. The third-order valence-electron chi connectivity index (χ3n) is 3.80. The summed E-state index contributed by atoms with van der Waals surface area (Å²) in [7, 11) is 0. The zero-order valence-electron chi connectivity index (χ0n) is 11.1. The van der Waals surface area contributed by atoms with Crippen molar-refractivity contribution in [1.82, 2.24) is 14.7 Å². The standard InChI is InChI=1S/C13H24N4O/c1-2-11-3-5-16(6-4-11)9-13(18)10-17-8-12(14)7-15-17/h7-8,11,13,18H,2-6,9-10,14H2,1H3. The van der Waals surface area contributed by atoms with Crippen LogP contribution in [0, 0.1) is 5.92 Å². The van der Waals surface area contributed by atoms with Crippen LogP contribution in [0.25, 0.3) is 0 Å². The van der Waals surface area contributed by atoms with Crippen molar-refractivity contribution in [2.75, 3.05) is 25.4 Å². The molecule has 0 amide bonds. The van der Waals surface area contributed by atoms with Crippen molar-refractivity contribution in [3.05, 3.63) is 12.4 Å². The molecule has 3 N–H and O–H groups in total. The summed E-state index contributed by atoms with van der Waals surface area (Å²) >= 11 is 0. The Morgan fingerprint density at radius 3 is 2.72 bits per heavy atom. The second-order valence-electron chi connectivity index (χ2n) is 5.30. The Bertz CT molecular complexity index is 358. The Balaban J connectivity index is 1.73. The lowest BCUT2D eigenvalue weighted by Gasteiger charge is -2.32. The molecule has 1 aliphatic heterocycles. The van der Waals surface area contributed by atoms with Crippen LogP contribution in [0.3, 0.4) is 0 Å². The van der Waals surface area contributed by atoms with Crippen LogP contribution in [-0.4, -0.2) is 45.5 Å². The lowest BCUT2D eigenvalue weighted by atomic mass is 9.94. The van der Waals surface area contributed by atoms with Gasteiger partial charge >= 0.3 is 0 Å². The van der Waals surface area contributed by atoms with Gasteiger partial charge in [0.25, 0.3) is 0 Å². The average molecular weight is 252 g/mol. The van der Waals surface area contributed by atoms with E-state index < -0.39 is 0 Å². The van der Waals surface area contributed by atoms with E-state index in [-0.39, 0.29) is 6.10 Å². The second-order valence-corrected chi connectivity index (χ2v) is 5.30. The molecule has 1 aliphatic rings. The Morgan fingerprint density at radius 1 is 1.44 bits per heavy atom. The van der Waals surface area contributed by atoms with Crippen LogP contribution in [0.4, 0.5) is 5.69 Å². The minimum absolute atomic E-state index is 0.373. The van der Waals surface area contributed by atoms with Crippen LogP contribution in [-0.2, 0) is 6.54 Å². The summed E-state index contributed by atoms with van der Waals surface area (Å²) in [5.74, 6) is 0.879. The Kier molecular flexibility index (Phi) is 4.60. The second kappa shape index (κ2) is 6.20. The number of anilines is 1. The molecule has 2 heterocycles. The van der Waals surface area contributed by atoms with E-state index in [0.717, 1.165) is 25.6 Å². The smallest absolute Gasteiger partial charge is 0.0862 e. The lowest BCUT2D eigenvalue weighted by molar-refractivity contribution is 0.0755. The Hall–Kier alpha value is -1.07. The number of hydrogen-bond acceptors (Lipinski definition) is 4. The fourth-order valence-electron chi connectivity index (χ4n) is 2.63. The fraction of sp³-hybridized carbons (Fsp3) is 0.769. The van der Waals surface area contributed by atoms with E-state index in [9.17, 15) is 5.11 Å². The van der Waals surface area contributed by atoms with Crippen LogP contribution in [0.2, 0.25) is 0 Å². The summed E-state index contributed by atoms with van der Waals surface area (Å²) in [6.07, 6.45) is 6.80. The van der Waals surface area contributed by atoms with E-state index in [0.29, 0.717) is 12.2 Å². The van der Waals surface area contributed by atoms with Crippen LogP contribution < -0.4 is 5.73 Å². The third-order valence-corrected chi connectivity index (χ3v) is 3.80. The Labute approximate surface area is 109 Å². The predicted octanol–water partition coefficient (Wildman–Crippen LogP) is 0.948. The predicted molar refractivity (Wildman–Crippen MR) is 72.1 cm³/mol. The number of likely N-dealkylation sites (tertiary alicyclic amines) is 1. The number of aliphatic hydroxyl groups excluding tert-OH is 1. The van der Waals surface area contributed by atoms with Gasteiger partial charge in [0.05, 0.1) is 24.5 Å². The maximum absolute atomic E-state index is 10.0. The summed E-state index contributed by atoms with van der Waals surface area (Å²) in [5, 5.41) is 14.1. The van der Waals surface area contributed by atoms with Crippen LogP contribution in [0.5, 0.6) is 0 Å². The molecule has 1 aromatic heterocycles.